The Balaban J connectivity index is 0.000000195. The topological polar surface area (TPSA) is 179 Å². The van der Waals surface area contributed by atoms with Gasteiger partial charge in [0.15, 0.2) is 5.65 Å². The van der Waals surface area contributed by atoms with Gasteiger partial charge in [-0.3, -0.25) is 48.6 Å². The Kier molecular flexibility index (Phi) is 14.4. The van der Waals surface area contributed by atoms with E-state index in [0.717, 1.165) is 56.3 Å². The van der Waals surface area contributed by atoms with E-state index in [2.05, 4.69) is 45.2 Å². The first-order valence-electron chi connectivity index (χ1n) is 19.2. The van der Waals surface area contributed by atoms with Gasteiger partial charge in [-0.05, 0) is 110 Å². The third-order valence-corrected chi connectivity index (χ3v) is 9.74. The van der Waals surface area contributed by atoms with Crippen LogP contribution in [0.15, 0.2) is 144 Å². The van der Waals surface area contributed by atoms with E-state index in [1.54, 1.807) is 44.2 Å². The van der Waals surface area contributed by atoms with Gasteiger partial charge in [0.25, 0.3) is 5.56 Å². The quantitative estimate of drug-likeness (QED) is 0.132. The van der Waals surface area contributed by atoms with E-state index in [9.17, 15) is 14.4 Å². The minimum absolute atomic E-state index is 0. The molecule has 15 heteroatoms. The summed E-state index contributed by atoms with van der Waals surface area (Å²) in [6.45, 7) is 2.53. The molecule has 14 nitrogen and oxygen atoms in total. The van der Waals surface area contributed by atoms with E-state index < -0.39 is 11.2 Å². The van der Waals surface area contributed by atoms with Gasteiger partial charge in [0, 0.05) is 89.6 Å². The number of nitrogens with zero attached hydrogens (tertiary/aromatic N) is 9. The number of aryl methyl sites for hydroxylation is 3. The number of H-pyrrole nitrogens is 1. The average molecular weight is 887 g/mol. The number of carbonyl (C=O) groups excluding carboxylic acids is 1. The van der Waals surface area contributed by atoms with Crippen LogP contribution < -0.4 is 16.6 Å². The number of imidazole rings is 1. The molecular formula is C45H43N11O3Ru. The van der Waals surface area contributed by atoms with Gasteiger partial charge in [-0.2, -0.15) is 0 Å². The Labute approximate surface area is 359 Å². The van der Waals surface area contributed by atoms with Crippen molar-refractivity contribution >= 4 is 17.1 Å². The number of carbonyl (C=O) groups is 1. The number of aromatic amines is 1. The molecule has 1 aliphatic rings. The standard InChI is InChI=1S/C25H27N7O3.2C10H8N2.Ru/c1-14-6-9-26-18(11-14)19-12-15(7-10-27-19)16-13-17(16)23(33)28-8-4-5-20-29-21-22(30-20)31(2)25(35)32(3)24(21)34;2*1-3-7-11-9(5-1)10-6-2-4-8-12-10;/h6-7,9-12,16-17H,4-5,8,13H2,1-3H3,(H,28,33)(H,29,30);2*1-8H;. The summed E-state index contributed by atoms with van der Waals surface area (Å²) in [5.74, 6) is 0.808. The van der Waals surface area contributed by atoms with E-state index in [4.69, 9.17) is 0 Å². The van der Waals surface area contributed by atoms with E-state index >= 15 is 0 Å². The Morgan fingerprint density at radius 2 is 1.20 bits per heavy atom. The van der Waals surface area contributed by atoms with Crippen molar-refractivity contribution in [1.82, 2.24) is 54.3 Å². The van der Waals surface area contributed by atoms with Crippen molar-refractivity contribution in [3.63, 3.8) is 0 Å². The van der Waals surface area contributed by atoms with Crippen molar-refractivity contribution in [2.75, 3.05) is 6.54 Å². The molecule has 1 aliphatic carbocycles. The van der Waals surface area contributed by atoms with Crippen LogP contribution in [0.4, 0.5) is 0 Å². The summed E-state index contributed by atoms with van der Waals surface area (Å²) in [5, 5.41) is 3.01. The number of fused-ring (bicyclic) bond motifs is 1. The number of pyridine rings is 6. The summed E-state index contributed by atoms with van der Waals surface area (Å²) in [6, 6.07) is 31.1. The summed E-state index contributed by atoms with van der Waals surface area (Å²) in [5.41, 5.74) is 7.38. The minimum Gasteiger partial charge on any atom is -0.356 e. The van der Waals surface area contributed by atoms with Crippen molar-refractivity contribution < 1.29 is 24.3 Å². The molecule has 8 heterocycles. The predicted octanol–water partition coefficient (Wildman–Crippen LogP) is 5.86. The van der Waals surface area contributed by atoms with Crippen LogP contribution in [0, 0.1) is 12.8 Å². The zero-order chi connectivity index (χ0) is 41.1. The molecule has 60 heavy (non-hydrogen) atoms. The fourth-order valence-corrected chi connectivity index (χ4v) is 6.49. The van der Waals surface area contributed by atoms with E-state index in [-0.39, 0.29) is 37.2 Å². The molecule has 8 aromatic rings. The van der Waals surface area contributed by atoms with Crippen molar-refractivity contribution in [1.29, 1.82) is 0 Å². The molecule has 0 aliphatic heterocycles. The van der Waals surface area contributed by atoms with Gasteiger partial charge in [0.1, 0.15) is 11.3 Å². The number of aromatic nitrogens is 10. The largest absolute Gasteiger partial charge is 0.356 e. The molecule has 1 amide bonds. The normalized spacial score (nSPS) is 13.8. The SMILES string of the molecule is Cc1ccnc(-c2cc(C3CC3C(=O)NCCCc3nc4c([nH]3)c(=O)n(C)c(=O)n4C)ccn2)c1.[Ru].c1ccc(-c2ccccn2)nc1.c1ccc(-c2ccccn2)nc1. The minimum atomic E-state index is -0.414. The van der Waals surface area contributed by atoms with E-state index in [0.29, 0.717) is 36.4 Å². The van der Waals surface area contributed by atoms with Gasteiger partial charge in [-0.15, -0.1) is 0 Å². The second kappa shape index (κ2) is 20.2. The molecule has 1 fully saturated rings. The van der Waals surface area contributed by atoms with Gasteiger partial charge in [0.05, 0.1) is 34.2 Å². The van der Waals surface area contributed by atoms with Gasteiger partial charge in [0.2, 0.25) is 5.91 Å². The summed E-state index contributed by atoms with van der Waals surface area (Å²) < 4.78 is 2.41. The summed E-state index contributed by atoms with van der Waals surface area (Å²) in [4.78, 5) is 70.0. The maximum atomic E-state index is 12.7. The van der Waals surface area contributed by atoms with Crippen molar-refractivity contribution in [2.24, 2.45) is 20.0 Å². The molecule has 9 rings (SSSR count). The zero-order valence-corrected chi connectivity index (χ0v) is 35.0. The van der Waals surface area contributed by atoms with Crippen molar-refractivity contribution in [2.45, 2.75) is 32.1 Å². The third kappa shape index (κ3) is 10.6. The molecule has 2 N–H and O–H groups in total. The fourth-order valence-electron chi connectivity index (χ4n) is 6.49. The molecule has 0 radical (unpaired) electrons. The molecule has 0 aromatic carbocycles. The van der Waals surface area contributed by atoms with E-state index in [1.807, 2.05) is 104 Å². The average Bonchev–Trinajstić information content (AvgIpc) is 3.99. The number of amides is 1. The van der Waals surface area contributed by atoms with Crippen LogP contribution in [0.3, 0.4) is 0 Å². The summed E-state index contributed by atoms with van der Waals surface area (Å²) >= 11 is 0. The number of hydrogen-bond acceptors (Lipinski definition) is 10. The van der Waals surface area contributed by atoms with Crippen molar-refractivity contribution in [3.8, 4) is 34.2 Å². The molecule has 2 unspecified atom stereocenters. The molecule has 0 saturated heterocycles. The van der Waals surface area contributed by atoms with Crippen LogP contribution in [0.2, 0.25) is 0 Å². The second-order valence-electron chi connectivity index (χ2n) is 14.0. The zero-order valence-electron chi connectivity index (χ0n) is 33.3. The van der Waals surface area contributed by atoms with Crippen molar-refractivity contribution in [3.05, 3.63) is 172 Å². The Morgan fingerprint density at radius 1 is 0.683 bits per heavy atom. The predicted molar refractivity (Wildman–Crippen MR) is 226 cm³/mol. The van der Waals surface area contributed by atoms with Gasteiger partial charge >= 0.3 is 5.69 Å². The molecular weight excluding hydrogens is 844 g/mol. The van der Waals surface area contributed by atoms with Crippen LogP contribution >= 0.6 is 0 Å². The first kappa shape index (κ1) is 42.7. The maximum absolute atomic E-state index is 12.7. The Bertz CT molecular complexity index is 2610. The van der Waals surface area contributed by atoms with E-state index in [1.165, 1.54) is 11.6 Å². The van der Waals surface area contributed by atoms with Crippen LogP contribution in [-0.4, -0.2) is 61.5 Å². The second-order valence-corrected chi connectivity index (χ2v) is 14.0. The summed E-state index contributed by atoms with van der Waals surface area (Å²) in [6.07, 6.45) is 12.7. The molecule has 0 bridgehead atoms. The first-order valence-corrected chi connectivity index (χ1v) is 19.2. The monoisotopic (exact) mass is 887 g/mol. The summed E-state index contributed by atoms with van der Waals surface area (Å²) in [7, 11) is 3.03. The van der Waals surface area contributed by atoms with Gasteiger partial charge < -0.3 is 10.3 Å². The molecule has 304 valence electrons. The Hall–Kier alpha value is -6.86. The van der Waals surface area contributed by atoms with Crippen LogP contribution in [0.25, 0.3) is 45.3 Å². The maximum Gasteiger partial charge on any atom is 0.332 e. The fraction of sp³-hybridized carbons (Fsp3) is 0.200. The smallest absolute Gasteiger partial charge is 0.332 e. The number of rotatable bonds is 9. The van der Waals surface area contributed by atoms with Crippen LogP contribution in [0.5, 0.6) is 0 Å². The number of hydrogen-bond donors (Lipinski definition) is 2. The third-order valence-electron chi connectivity index (χ3n) is 9.74. The van der Waals surface area contributed by atoms with Gasteiger partial charge in [-0.25, -0.2) is 9.78 Å². The molecule has 0 spiro atoms. The molecule has 8 aromatic heterocycles. The molecule has 2 atom stereocenters. The molecule has 1 saturated carbocycles. The van der Waals surface area contributed by atoms with Crippen LogP contribution in [-0.2, 0) is 44.8 Å². The number of nitrogens with one attached hydrogen (secondary N) is 2. The van der Waals surface area contributed by atoms with Gasteiger partial charge in [-0.1, -0.05) is 24.3 Å². The Morgan fingerprint density at radius 3 is 1.72 bits per heavy atom. The first-order chi connectivity index (χ1) is 28.8. The van der Waals surface area contributed by atoms with Crippen LogP contribution in [0.1, 0.15) is 35.7 Å².